The van der Waals surface area contributed by atoms with Gasteiger partial charge in [0.15, 0.2) is 0 Å². The molecule has 0 aromatic heterocycles. The summed E-state index contributed by atoms with van der Waals surface area (Å²) < 4.78 is 0. The molecule has 0 radical (unpaired) electrons. The van der Waals surface area contributed by atoms with Crippen LogP contribution in [0.5, 0.6) is 0 Å². The molecule has 2 aliphatic rings. The van der Waals surface area contributed by atoms with Gasteiger partial charge in [0.05, 0.1) is 0 Å². The minimum Gasteiger partial charge on any atom is -0.161 e. The molecular formula is C9H16S. The molecule has 1 saturated carbocycles. The van der Waals surface area contributed by atoms with E-state index in [1.54, 1.807) is 0 Å². The van der Waals surface area contributed by atoms with E-state index < -0.39 is 0 Å². The fourth-order valence-electron chi connectivity index (χ4n) is 2.19. The third kappa shape index (κ3) is 1.50. The highest BCUT2D eigenvalue weighted by atomic mass is 32.2. The summed E-state index contributed by atoms with van der Waals surface area (Å²) in [6.07, 6.45) is 7.66. The zero-order valence-corrected chi connectivity index (χ0v) is 7.33. The molecule has 0 spiro atoms. The Morgan fingerprint density at radius 2 is 1.40 bits per heavy atom. The molecule has 2 rings (SSSR count). The van der Waals surface area contributed by atoms with Crippen LogP contribution in [0.25, 0.3) is 0 Å². The summed E-state index contributed by atoms with van der Waals surface area (Å²) in [5.74, 6) is 5.13. The lowest BCUT2D eigenvalue weighted by Crippen LogP contribution is -2.03. The van der Waals surface area contributed by atoms with Gasteiger partial charge in [0, 0.05) is 0 Å². The minimum atomic E-state index is 1.09. The van der Waals surface area contributed by atoms with E-state index in [1.165, 1.54) is 43.6 Å². The summed E-state index contributed by atoms with van der Waals surface area (Å²) in [6.45, 7) is 0. The molecular weight excluding hydrogens is 140 g/mol. The maximum atomic E-state index is 2.21. The normalized spacial score (nSPS) is 40.8. The quantitative estimate of drug-likeness (QED) is 0.519. The Morgan fingerprint density at radius 1 is 0.800 bits per heavy atom. The van der Waals surface area contributed by atoms with Gasteiger partial charge in [-0.3, -0.25) is 0 Å². The Kier molecular flexibility index (Phi) is 2.22. The van der Waals surface area contributed by atoms with E-state index in [-0.39, 0.29) is 0 Å². The monoisotopic (exact) mass is 156 g/mol. The number of hydrogen-bond donors (Lipinski definition) is 0. The van der Waals surface area contributed by atoms with Crippen molar-refractivity contribution in [2.75, 3.05) is 11.5 Å². The summed E-state index contributed by atoms with van der Waals surface area (Å²) in [7, 11) is 0. The number of thioether (sulfide) groups is 1. The van der Waals surface area contributed by atoms with Crippen LogP contribution in [0.4, 0.5) is 0 Å². The van der Waals surface area contributed by atoms with Crippen molar-refractivity contribution >= 4 is 11.8 Å². The SMILES string of the molecule is C1CC2CCC(C1)CSC2. The van der Waals surface area contributed by atoms with E-state index in [4.69, 9.17) is 0 Å². The second-order valence-corrected chi connectivity index (χ2v) is 4.85. The van der Waals surface area contributed by atoms with Crippen molar-refractivity contribution in [2.45, 2.75) is 32.1 Å². The number of hydrogen-bond acceptors (Lipinski definition) is 1. The predicted octanol–water partition coefficient (Wildman–Crippen LogP) is 2.93. The van der Waals surface area contributed by atoms with E-state index in [0.29, 0.717) is 0 Å². The van der Waals surface area contributed by atoms with Crippen LogP contribution in [0.3, 0.4) is 0 Å². The van der Waals surface area contributed by atoms with E-state index in [2.05, 4.69) is 11.8 Å². The molecule has 10 heavy (non-hydrogen) atoms. The summed E-state index contributed by atoms with van der Waals surface area (Å²) in [4.78, 5) is 0. The first-order valence-electron chi connectivity index (χ1n) is 4.53. The van der Waals surface area contributed by atoms with Crippen LogP contribution in [0.1, 0.15) is 32.1 Å². The van der Waals surface area contributed by atoms with E-state index in [9.17, 15) is 0 Å². The lowest BCUT2D eigenvalue weighted by molar-refractivity contribution is 0.498. The van der Waals surface area contributed by atoms with Crippen LogP contribution in [0.2, 0.25) is 0 Å². The largest absolute Gasteiger partial charge is 0.161 e. The molecule has 2 bridgehead atoms. The molecule has 2 fully saturated rings. The van der Waals surface area contributed by atoms with Crippen LogP contribution in [0, 0.1) is 11.8 Å². The second-order valence-electron chi connectivity index (χ2n) is 3.78. The minimum absolute atomic E-state index is 1.09. The van der Waals surface area contributed by atoms with Gasteiger partial charge in [-0.25, -0.2) is 0 Å². The van der Waals surface area contributed by atoms with E-state index >= 15 is 0 Å². The molecule has 1 heteroatoms. The highest BCUT2D eigenvalue weighted by Gasteiger charge is 2.22. The Morgan fingerprint density at radius 3 is 2.00 bits per heavy atom. The highest BCUT2D eigenvalue weighted by molar-refractivity contribution is 7.99. The Labute approximate surface area is 67.8 Å². The molecule has 1 aliphatic carbocycles. The molecule has 0 aromatic carbocycles. The summed E-state index contributed by atoms with van der Waals surface area (Å²) in [5.41, 5.74) is 0. The van der Waals surface area contributed by atoms with Crippen molar-refractivity contribution in [2.24, 2.45) is 11.8 Å². The fourth-order valence-corrected chi connectivity index (χ4v) is 3.66. The van der Waals surface area contributed by atoms with Crippen LogP contribution in [-0.4, -0.2) is 11.5 Å². The summed E-state index contributed by atoms with van der Waals surface area (Å²) >= 11 is 2.21. The molecule has 1 heterocycles. The molecule has 1 saturated heterocycles. The van der Waals surface area contributed by atoms with Crippen LogP contribution < -0.4 is 0 Å². The molecule has 0 nitrogen and oxygen atoms in total. The third-order valence-corrected chi connectivity index (χ3v) is 4.33. The maximum absolute atomic E-state index is 2.21. The first-order valence-corrected chi connectivity index (χ1v) is 5.68. The van der Waals surface area contributed by atoms with E-state index in [1.807, 2.05) is 0 Å². The smallest absolute Gasteiger partial charge is 0.00390 e. The van der Waals surface area contributed by atoms with Crippen molar-refractivity contribution in [3.63, 3.8) is 0 Å². The van der Waals surface area contributed by atoms with Crippen molar-refractivity contribution in [1.29, 1.82) is 0 Å². The van der Waals surface area contributed by atoms with Crippen LogP contribution >= 0.6 is 11.8 Å². The Bertz CT molecular complexity index is 89.3. The van der Waals surface area contributed by atoms with Gasteiger partial charge in [-0.2, -0.15) is 11.8 Å². The number of rotatable bonds is 0. The molecule has 1 aliphatic heterocycles. The van der Waals surface area contributed by atoms with Gasteiger partial charge >= 0.3 is 0 Å². The topological polar surface area (TPSA) is 0 Å². The second kappa shape index (κ2) is 3.17. The lowest BCUT2D eigenvalue weighted by atomic mass is 10.0. The van der Waals surface area contributed by atoms with Gasteiger partial charge in [-0.05, 0) is 49.0 Å². The average Bonchev–Trinajstić information content (AvgIpc) is 2.17. The van der Waals surface area contributed by atoms with Crippen LogP contribution in [0.15, 0.2) is 0 Å². The zero-order chi connectivity index (χ0) is 6.81. The molecule has 0 aromatic rings. The fraction of sp³-hybridized carbons (Fsp3) is 1.00. The maximum Gasteiger partial charge on any atom is -0.00390 e. The first kappa shape index (κ1) is 7.02. The standard InChI is InChI=1S/C9H16S/c1-2-8-4-5-9(3-1)7-10-6-8/h8-9H,1-7H2. The average molecular weight is 156 g/mol. The zero-order valence-electron chi connectivity index (χ0n) is 6.51. The van der Waals surface area contributed by atoms with Crippen molar-refractivity contribution in [1.82, 2.24) is 0 Å². The van der Waals surface area contributed by atoms with Gasteiger partial charge < -0.3 is 0 Å². The highest BCUT2D eigenvalue weighted by Crippen LogP contribution is 2.35. The Hall–Kier alpha value is 0.350. The predicted molar refractivity (Wildman–Crippen MR) is 47.4 cm³/mol. The van der Waals surface area contributed by atoms with Crippen molar-refractivity contribution in [3.8, 4) is 0 Å². The summed E-state index contributed by atoms with van der Waals surface area (Å²) in [6, 6.07) is 0. The lowest BCUT2D eigenvalue weighted by Gasteiger charge is -2.14. The van der Waals surface area contributed by atoms with Gasteiger partial charge in [-0.1, -0.05) is 6.42 Å². The summed E-state index contributed by atoms with van der Waals surface area (Å²) in [5, 5.41) is 0. The number of fused-ring (bicyclic) bond motifs is 3. The molecule has 0 N–H and O–H groups in total. The van der Waals surface area contributed by atoms with Gasteiger partial charge in [0.25, 0.3) is 0 Å². The Balaban J connectivity index is 2.01. The van der Waals surface area contributed by atoms with Gasteiger partial charge in [0.2, 0.25) is 0 Å². The molecule has 58 valence electrons. The molecule has 2 unspecified atom stereocenters. The molecule has 2 atom stereocenters. The third-order valence-electron chi connectivity index (χ3n) is 2.92. The first-order chi connectivity index (χ1) is 4.95. The van der Waals surface area contributed by atoms with Crippen molar-refractivity contribution in [3.05, 3.63) is 0 Å². The van der Waals surface area contributed by atoms with Crippen LogP contribution in [-0.2, 0) is 0 Å². The van der Waals surface area contributed by atoms with Crippen molar-refractivity contribution < 1.29 is 0 Å². The van der Waals surface area contributed by atoms with E-state index in [0.717, 1.165) is 11.8 Å². The van der Waals surface area contributed by atoms with Gasteiger partial charge in [-0.15, -0.1) is 0 Å². The van der Waals surface area contributed by atoms with Gasteiger partial charge in [0.1, 0.15) is 0 Å². The molecule has 0 amide bonds.